The number of carbonyl (C=O) groups excluding carboxylic acids is 2. The summed E-state index contributed by atoms with van der Waals surface area (Å²) in [6.45, 7) is 0. The van der Waals surface area contributed by atoms with Crippen LogP contribution in [0.1, 0.15) is 15.9 Å². The summed E-state index contributed by atoms with van der Waals surface area (Å²) in [5, 5.41) is 16.4. The SMILES string of the molecule is COc1ccc(NC(=O)/C(=C/c2cccc([N+](=O)[O-])c2)NC(=O)c2ccc(Br)cc2)cc1. The van der Waals surface area contributed by atoms with Gasteiger partial charge in [0.2, 0.25) is 0 Å². The third-order valence-corrected chi connectivity index (χ3v) is 4.87. The molecule has 0 spiro atoms. The second-order valence-electron chi connectivity index (χ2n) is 6.55. The number of rotatable bonds is 7. The van der Waals surface area contributed by atoms with Crippen molar-refractivity contribution in [2.24, 2.45) is 0 Å². The van der Waals surface area contributed by atoms with Gasteiger partial charge in [-0.15, -0.1) is 0 Å². The van der Waals surface area contributed by atoms with Crippen LogP contribution in [0.25, 0.3) is 6.08 Å². The number of benzene rings is 3. The number of nitro benzene ring substituents is 1. The molecule has 3 rings (SSSR count). The molecule has 0 radical (unpaired) electrons. The minimum absolute atomic E-state index is 0.0748. The molecule has 0 aliphatic carbocycles. The zero-order valence-electron chi connectivity index (χ0n) is 16.9. The van der Waals surface area contributed by atoms with E-state index < -0.39 is 16.7 Å². The number of methoxy groups -OCH3 is 1. The molecule has 8 nitrogen and oxygen atoms in total. The van der Waals surface area contributed by atoms with Gasteiger partial charge >= 0.3 is 0 Å². The van der Waals surface area contributed by atoms with E-state index in [1.54, 1.807) is 54.6 Å². The van der Waals surface area contributed by atoms with Gasteiger partial charge in [0.15, 0.2) is 0 Å². The molecule has 0 saturated carbocycles. The number of nitrogens with one attached hydrogen (secondary N) is 2. The smallest absolute Gasteiger partial charge is 0.272 e. The quantitative estimate of drug-likeness (QED) is 0.278. The number of halogens is 1. The van der Waals surface area contributed by atoms with Crippen LogP contribution >= 0.6 is 15.9 Å². The summed E-state index contributed by atoms with van der Waals surface area (Å²) < 4.78 is 5.91. The van der Waals surface area contributed by atoms with Crippen molar-refractivity contribution < 1.29 is 19.2 Å². The van der Waals surface area contributed by atoms with E-state index in [4.69, 9.17) is 4.74 Å². The highest BCUT2D eigenvalue weighted by molar-refractivity contribution is 9.10. The third kappa shape index (κ3) is 6.02. The molecule has 3 aromatic carbocycles. The van der Waals surface area contributed by atoms with E-state index in [9.17, 15) is 19.7 Å². The Morgan fingerprint density at radius 1 is 1.03 bits per heavy atom. The highest BCUT2D eigenvalue weighted by Gasteiger charge is 2.16. The first-order valence-electron chi connectivity index (χ1n) is 9.34. The fourth-order valence-corrected chi connectivity index (χ4v) is 2.99. The summed E-state index contributed by atoms with van der Waals surface area (Å²) in [5.41, 5.74) is 1.01. The van der Waals surface area contributed by atoms with E-state index in [-0.39, 0.29) is 11.4 Å². The molecular weight excluding hydrogens is 478 g/mol. The Morgan fingerprint density at radius 2 is 1.72 bits per heavy atom. The van der Waals surface area contributed by atoms with Gasteiger partial charge in [-0.25, -0.2) is 0 Å². The van der Waals surface area contributed by atoms with E-state index in [0.29, 0.717) is 22.6 Å². The highest BCUT2D eigenvalue weighted by atomic mass is 79.9. The molecular formula is C23H18BrN3O5. The first-order valence-corrected chi connectivity index (χ1v) is 10.1. The average Bonchev–Trinajstić information content (AvgIpc) is 2.79. The molecule has 32 heavy (non-hydrogen) atoms. The molecule has 2 amide bonds. The van der Waals surface area contributed by atoms with Crippen molar-refractivity contribution in [3.8, 4) is 5.75 Å². The molecule has 0 aliphatic heterocycles. The number of nitrogens with zero attached hydrogens (tertiary/aromatic N) is 1. The molecule has 9 heteroatoms. The zero-order valence-corrected chi connectivity index (χ0v) is 18.5. The summed E-state index contributed by atoms with van der Waals surface area (Å²) in [6.07, 6.45) is 1.38. The van der Waals surface area contributed by atoms with Gasteiger partial charge < -0.3 is 15.4 Å². The number of ether oxygens (including phenoxy) is 1. The summed E-state index contributed by atoms with van der Waals surface area (Å²) >= 11 is 3.31. The molecule has 0 atom stereocenters. The molecule has 3 aromatic rings. The Hall–Kier alpha value is -3.98. The van der Waals surface area contributed by atoms with Crippen molar-refractivity contribution >= 4 is 45.2 Å². The number of nitro groups is 1. The lowest BCUT2D eigenvalue weighted by Crippen LogP contribution is -2.30. The maximum atomic E-state index is 12.9. The van der Waals surface area contributed by atoms with Gasteiger partial charge in [-0.3, -0.25) is 19.7 Å². The van der Waals surface area contributed by atoms with Gasteiger partial charge in [0.1, 0.15) is 11.4 Å². The van der Waals surface area contributed by atoms with Crippen LogP contribution in [0.2, 0.25) is 0 Å². The minimum Gasteiger partial charge on any atom is -0.497 e. The Bertz CT molecular complexity index is 1170. The summed E-state index contributed by atoms with van der Waals surface area (Å²) in [7, 11) is 1.53. The fraction of sp³-hybridized carbons (Fsp3) is 0.0435. The lowest BCUT2D eigenvalue weighted by molar-refractivity contribution is -0.384. The van der Waals surface area contributed by atoms with E-state index in [1.165, 1.54) is 31.4 Å². The number of hydrogen-bond donors (Lipinski definition) is 2. The fourth-order valence-electron chi connectivity index (χ4n) is 2.72. The lowest BCUT2D eigenvalue weighted by Gasteiger charge is -2.12. The van der Waals surface area contributed by atoms with Crippen LogP contribution in [0.4, 0.5) is 11.4 Å². The van der Waals surface area contributed by atoms with Crippen molar-refractivity contribution in [1.29, 1.82) is 0 Å². The van der Waals surface area contributed by atoms with E-state index in [1.807, 2.05) is 0 Å². The molecule has 0 heterocycles. The third-order valence-electron chi connectivity index (χ3n) is 4.34. The van der Waals surface area contributed by atoms with Crippen molar-refractivity contribution in [2.75, 3.05) is 12.4 Å². The Kier molecular flexibility index (Phi) is 7.35. The number of carbonyl (C=O) groups is 2. The topological polar surface area (TPSA) is 111 Å². The maximum Gasteiger partial charge on any atom is 0.272 e. The first-order chi connectivity index (χ1) is 15.4. The summed E-state index contributed by atoms with van der Waals surface area (Å²) in [4.78, 5) is 36.2. The summed E-state index contributed by atoms with van der Waals surface area (Å²) in [5.74, 6) is -0.468. The van der Waals surface area contributed by atoms with Crippen LogP contribution in [-0.2, 0) is 4.79 Å². The van der Waals surface area contributed by atoms with E-state index >= 15 is 0 Å². The van der Waals surface area contributed by atoms with Crippen molar-refractivity contribution in [3.05, 3.63) is 104 Å². The van der Waals surface area contributed by atoms with Gasteiger partial charge in [0.05, 0.1) is 12.0 Å². The Labute approximate surface area is 192 Å². The van der Waals surface area contributed by atoms with Gasteiger partial charge in [-0.2, -0.15) is 0 Å². The minimum atomic E-state index is -0.591. The number of amides is 2. The maximum absolute atomic E-state index is 12.9. The largest absolute Gasteiger partial charge is 0.497 e. The predicted molar refractivity (Wildman–Crippen MR) is 124 cm³/mol. The predicted octanol–water partition coefficient (Wildman–Crippen LogP) is 4.78. The molecule has 0 bridgehead atoms. The monoisotopic (exact) mass is 495 g/mol. The van der Waals surface area contributed by atoms with Crippen LogP contribution < -0.4 is 15.4 Å². The van der Waals surface area contributed by atoms with Crippen LogP contribution in [0.5, 0.6) is 5.75 Å². The zero-order chi connectivity index (χ0) is 23.1. The number of anilines is 1. The number of non-ortho nitro benzene ring substituents is 1. The molecule has 0 aromatic heterocycles. The van der Waals surface area contributed by atoms with Crippen molar-refractivity contribution in [3.63, 3.8) is 0 Å². The van der Waals surface area contributed by atoms with Crippen LogP contribution in [0.3, 0.4) is 0 Å². The van der Waals surface area contributed by atoms with Gasteiger partial charge in [0.25, 0.3) is 17.5 Å². The lowest BCUT2D eigenvalue weighted by atomic mass is 10.1. The van der Waals surface area contributed by atoms with Gasteiger partial charge in [-0.05, 0) is 60.2 Å². The second kappa shape index (κ2) is 10.4. The normalized spacial score (nSPS) is 10.9. The molecule has 0 unspecified atom stereocenters. The second-order valence-corrected chi connectivity index (χ2v) is 7.47. The van der Waals surface area contributed by atoms with Gasteiger partial charge in [0, 0.05) is 27.9 Å². The van der Waals surface area contributed by atoms with E-state index in [2.05, 4.69) is 26.6 Å². The highest BCUT2D eigenvalue weighted by Crippen LogP contribution is 2.18. The molecule has 162 valence electrons. The van der Waals surface area contributed by atoms with Crippen molar-refractivity contribution in [1.82, 2.24) is 5.32 Å². The van der Waals surface area contributed by atoms with Crippen LogP contribution in [-0.4, -0.2) is 23.8 Å². The van der Waals surface area contributed by atoms with Crippen molar-refractivity contribution in [2.45, 2.75) is 0 Å². The Balaban J connectivity index is 1.91. The standard InChI is InChI=1S/C23H18BrN3O5/c1-32-20-11-9-18(10-12-20)25-23(29)21(14-15-3-2-4-19(13-15)27(30)31)26-22(28)16-5-7-17(24)8-6-16/h2-14H,1H3,(H,25,29)(H,26,28)/b21-14-. The van der Waals surface area contributed by atoms with Gasteiger partial charge in [-0.1, -0.05) is 28.1 Å². The van der Waals surface area contributed by atoms with E-state index in [0.717, 1.165) is 4.47 Å². The first kappa shape index (κ1) is 22.7. The van der Waals surface area contributed by atoms with Crippen LogP contribution in [0, 0.1) is 10.1 Å². The van der Waals surface area contributed by atoms with Crippen LogP contribution in [0.15, 0.2) is 83.0 Å². The average molecular weight is 496 g/mol. The molecule has 0 fully saturated rings. The summed E-state index contributed by atoms with van der Waals surface area (Å²) in [6, 6.07) is 19.0. The Morgan fingerprint density at radius 3 is 2.34 bits per heavy atom. The molecule has 0 aliphatic rings. The molecule has 0 saturated heterocycles. The number of hydrogen-bond acceptors (Lipinski definition) is 5. The molecule has 2 N–H and O–H groups in total.